The van der Waals surface area contributed by atoms with E-state index < -0.39 is 0 Å². The van der Waals surface area contributed by atoms with Crippen molar-refractivity contribution in [3.63, 3.8) is 0 Å². The summed E-state index contributed by atoms with van der Waals surface area (Å²) in [5, 5.41) is 1.50. The number of aryl methyl sites for hydroxylation is 3. The van der Waals surface area contributed by atoms with Gasteiger partial charge in [0.25, 0.3) is 0 Å². The number of allylic oxidation sites excluding steroid dienone is 1. The van der Waals surface area contributed by atoms with Gasteiger partial charge in [-0.25, -0.2) is 0 Å². The fourth-order valence-electron chi connectivity index (χ4n) is 3.10. The minimum Gasteiger partial charge on any atom is -0.0843 e. The van der Waals surface area contributed by atoms with Gasteiger partial charge in [-0.1, -0.05) is 77.3 Å². The standard InChI is InChI=1S/C24H22Cl2/c1-17-6-7-18(2)21(16-17)4-3-5-24(19-8-12-22(25)13-9-19)20-10-14-23(26)15-11-20/h5-16H,3-4H2,1-2H3. The van der Waals surface area contributed by atoms with Gasteiger partial charge in [0.15, 0.2) is 0 Å². The van der Waals surface area contributed by atoms with Gasteiger partial charge in [0.1, 0.15) is 0 Å². The average molecular weight is 381 g/mol. The second-order valence-corrected chi connectivity index (χ2v) is 7.47. The van der Waals surface area contributed by atoms with Crippen LogP contribution >= 0.6 is 23.2 Å². The average Bonchev–Trinajstić information content (AvgIpc) is 2.63. The summed E-state index contributed by atoms with van der Waals surface area (Å²) in [7, 11) is 0. The molecule has 0 amide bonds. The van der Waals surface area contributed by atoms with Crippen LogP contribution < -0.4 is 0 Å². The molecule has 3 rings (SSSR count). The quantitative estimate of drug-likeness (QED) is 0.425. The van der Waals surface area contributed by atoms with Gasteiger partial charge in [-0.2, -0.15) is 0 Å². The number of hydrogen-bond acceptors (Lipinski definition) is 0. The summed E-state index contributed by atoms with van der Waals surface area (Å²) in [6.45, 7) is 4.32. The van der Waals surface area contributed by atoms with Gasteiger partial charge in [-0.05, 0) is 78.8 Å². The van der Waals surface area contributed by atoms with E-state index in [9.17, 15) is 0 Å². The van der Waals surface area contributed by atoms with Crippen molar-refractivity contribution >= 4 is 28.8 Å². The zero-order chi connectivity index (χ0) is 18.5. The van der Waals surface area contributed by atoms with Crippen molar-refractivity contribution in [3.05, 3.63) is 111 Å². The van der Waals surface area contributed by atoms with E-state index in [-0.39, 0.29) is 0 Å². The summed E-state index contributed by atoms with van der Waals surface area (Å²) in [4.78, 5) is 0. The molecule has 0 saturated heterocycles. The van der Waals surface area contributed by atoms with Gasteiger partial charge in [0.05, 0.1) is 0 Å². The lowest BCUT2D eigenvalue weighted by Crippen LogP contribution is -1.92. The highest BCUT2D eigenvalue weighted by atomic mass is 35.5. The van der Waals surface area contributed by atoms with Crippen molar-refractivity contribution in [2.75, 3.05) is 0 Å². The zero-order valence-electron chi connectivity index (χ0n) is 15.1. The molecule has 3 aromatic carbocycles. The van der Waals surface area contributed by atoms with E-state index in [0.29, 0.717) is 0 Å². The molecule has 132 valence electrons. The van der Waals surface area contributed by atoms with E-state index >= 15 is 0 Å². The minimum absolute atomic E-state index is 0.750. The molecule has 0 atom stereocenters. The molecular weight excluding hydrogens is 359 g/mol. The lowest BCUT2D eigenvalue weighted by Gasteiger charge is -2.11. The lowest BCUT2D eigenvalue weighted by atomic mass is 9.95. The number of benzene rings is 3. The largest absolute Gasteiger partial charge is 0.0843 e. The second kappa shape index (κ2) is 8.58. The van der Waals surface area contributed by atoms with Crippen LogP contribution in [0.3, 0.4) is 0 Å². The molecule has 0 spiro atoms. The molecule has 0 radical (unpaired) electrons. The van der Waals surface area contributed by atoms with Gasteiger partial charge in [0, 0.05) is 10.0 Å². The lowest BCUT2D eigenvalue weighted by molar-refractivity contribution is 0.985. The summed E-state index contributed by atoms with van der Waals surface area (Å²) >= 11 is 12.1. The Bertz CT molecular complexity index is 856. The SMILES string of the molecule is Cc1ccc(C)c(CCC=C(c2ccc(Cl)cc2)c2ccc(Cl)cc2)c1. The molecule has 0 fully saturated rings. The fourth-order valence-corrected chi connectivity index (χ4v) is 3.35. The third-order valence-electron chi connectivity index (χ3n) is 4.58. The van der Waals surface area contributed by atoms with Crippen molar-refractivity contribution in [1.82, 2.24) is 0 Å². The Morgan fingerprint density at radius 1 is 0.769 bits per heavy atom. The molecule has 0 nitrogen and oxygen atoms in total. The first-order chi connectivity index (χ1) is 12.5. The van der Waals surface area contributed by atoms with Crippen LogP contribution in [-0.4, -0.2) is 0 Å². The van der Waals surface area contributed by atoms with Crippen LogP contribution in [0.25, 0.3) is 5.57 Å². The van der Waals surface area contributed by atoms with Crippen molar-refractivity contribution in [3.8, 4) is 0 Å². The van der Waals surface area contributed by atoms with Crippen molar-refractivity contribution in [2.24, 2.45) is 0 Å². The molecule has 3 aromatic rings. The van der Waals surface area contributed by atoms with Gasteiger partial charge in [0.2, 0.25) is 0 Å². The Morgan fingerprint density at radius 3 is 1.85 bits per heavy atom. The van der Waals surface area contributed by atoms with E-state index in [1.807, 2.05) is 24.3 Å². The predicted molar refractivity (Wildman–Crippen MR) is 114 cm³/mol. The van der Waals surface area contributed by atoms with Crippen LogP contribution in [0, 0.1) is 13.8 Å². The van der Waals surface area contributed by atoms with Crippen molar-refractivity contribution < 1.29 is 0 Å². The molecule has 0 heterocycles. The van der Waals surface area contributed by atoms with Gasteiger partial charge in [-0.15, -0.1) is 0 Å². The van der Waals surface area contributed by atoms with E-state index in [1.54, 1.807) is 0 Å². The molecule has 0 aliphatic heterocycles. The van der Waals surface area contributed by atoms with Gasteiger partial charge >= 0.3 is 0 Å². The summed E-state index contributed by atoms with van der Waals surface area (Å²) in [6, 6.07) is 22.7. The maximum absolute atomic E-state index is 6.06. The van der Waals surface area contributed by atoms with Gasteiger partial charge < -0.3 is 0 Å². The normalized spacial score (nSPS) is 10.6. The fraction of sp³-hybridized carbons (Fsp3) is 0.167. The Labute approximate surface area is 166 Å². The van der Waals surface area contributed by atoms with Crippen LogP contribution in [0.1, 0.15) is 34.2 Å². The molecule has 0 saturated carbocycles. The molecule has 0 bridgehead atoms. The van der Waals surface area contributed by atoms with E-state index in [0.717, 1.165) is 34.0 Å². The number of rotatable bonds is 5. The zero-order valence-corrected chi connectivity index (χ0v) is 16.6. The minimum atomic E-state index is 0.750. The third-order valence-corrected chi connectivity index (χ3v) is 5.08. The second-order valence-electron chi connectivity index (χ2n) is 6.60. The Hall–Kier alpha value is -2.02. The monoisotopic (exact) mass is 380 g/mol. The predicted octanol–water partition coefficient (Wildman–Crippen LogP) is 7.67. The third kappa shape index (κ3) is 4.78. The Morgan fingerprint density at radius 2 is 1.31 bits per heavy atom. The highest BCUT2D eigenvalue weighted by Crippen LogP contribution is 2.27. The Balaban J connectivity index is 1.89. The molecular formula is C24H22Cl2. The summed E-state index contributed by atoms with van der Waals surface area (Å²) in [5.41, 5.74) is 7.61. The van der Waals surface area contributed by atoms with E-state index in [1.165, 1.54) is 22.3 Å². The molecule has 0 unspecified atom stereocenters. The first kappa shape index (κ1) is 18.8. The molecule has 0 aliphatic carbocycles. The van der Waals surface area contributed by atoms with Crippen LogP contribution in [-0.2, 0) is 6.42 Å². The summed E-state index contributed by atoms with van der Waals surface area (Å²) in [6.07, 6.45) is 4.32. The number of hydrogen-bond donors (Lipinski definition) is 0. The number of halogens is 2. The van der Waals surface area contributed by atoms with E-state index in [4.69, 9.17) is 23.2 Å². The topological polar surface area (TPSA) is 0 Å². The maximum Gasteiger partial charge on any atom is 0.0406 e. The first-order valence-corrected chi connectivity index (χ1v) is 9.57. The maximum atomic E-state index is 6.06. The smallest absolute Gasteiger partial charge is 0.0406 e. The first-order valence-electron chi connectivity index (χ1n) is 8.81. The van der Waals surface area contributed by atoms with Gasteiger partial charge in [-0.3, -0.25) is 0 Å². The van der Waals surface area contributed by atoms with E-state index in [2.05, 4.69) is 62.4 Å². The Kier molecular flexibility index (Phi) is 6.19. The summed E-state index contributed by atoms with van der Waals surface area (Å²) < 4.78 is 0. The molecule has 0 aliphatic rings. The highest BCUT2D eigenvalue weighted by Gasteiger charge is 2.06. The molecule has 0 N–H and O–H groups in total. The molecule has 26 heavy (non-hydrogen) atoms. The van der Waals surface area contributed by atoms with Crippen LogP contribution in [0.5, 0.6) is 0 Å². The van der Waals surface area contributed by atoms with Crippen molar-refractivity contribution in [1.29, 1.82) is 0 Å². The summed E-state index contributed by atoms with van der Waals surface area (Å²) in [5.74, 6) is 0. The molecule has 2 heteroatoms. The van der Waals surface area contributed by atoms with Crippen LogP contribution in [0.4, 0.5) is 0 Å². The van der Waals surface area contributed by atoms with Crippen LogP contribution in [0.2, 0.25) is 10.0 Å². The molecule has 0 aromatic heterocycles. The highest BCUT2D eigenvalue weighted by molar-refractivity contribution is 6.31. The van der Waals surface area contributed by atoms with Crippen molar-refractivity contribution in [2.45, 2.75) is 26.7 Å². The van der Waals surface area contributed by atoms with Crippen LogP contribution in [0.15, 0.2) is 72.8 Å².